The third-order valence-corrected chi connectivity index (χ3v) is 3.26. The Morgan fingerprint density at radius 1 is 1.10 bits per heavy atom. The minimum atomic E-state index is -0.651. The molecule has 20 heavy (non-hydrogen) atoms. The fourth-order valence-electron chi connectivity index (χ4n) is 2.27. The topological polar surface area (TPSA) is 38.7 Å². The van der Waals surface area contributed by atoms with Gasteiger partial charge in [0.15, 0.2) is 0 Å². The normalized spacial score (nSPS) is 15.2. The molecule has 2 aromatic rings. The summed E-state index contributed by atoms with van der Waals surface area (Å²) in [6, 6.07) is 13.2. The van der Waals surface area contributed by atoms with Gasteiger partial charge in [-0.05, 0) is 36.6 Å². The maximum atomic E-state index is 13.0. The van der Waals surface area contributed by atoms with E-state index in [9.17, 15) is 9.18 Å². The van der Waals surface area contributed by atoms with Crippen molar-refractivity contribution in [2.75, 3.05) is 0 Å². The molecule has 0 bridgehead atoms. The molecule has 0 aliphatic heterocycles. The van der Waals surface area contributed by atoms with E-state index in [1.54, 1.807) is 0 Å². The first-order valence-corrected chi connectivity index (χ1v) is 6.36. The van der Waals surface area contributed by atoms with Gasteiger partial charge < -0.3 is 4.84 Å². The third kappa shape index (κ3) is 2.45. The van der Waals surface area contributed by atoms with Gasteiger partial charge >= 0.3 is 5.97 Å². The van der Waals surface area contributed by atoms with Gasteiger partial charge in [0.25, 0.3) is 0 Å². The number of hydrogen-bond donors (Lipinski definition) is 0. The Balaban J connectivity index is 1.77. The maximum absolute atomic E-state index is 13.0. The van der Waals surface area contributed by atoms with Crippen molar-refractivity contribution in [2.45, 2.75) is 12.8 Å². The number of aryl methyl sites for hydroxylation is 1. The molecule has 1 aliphatic carbocycles. The van der Waals surface area contributed by atoms with Crippen LogP contribution in [0.15, 0.2) is 53.7 Å². The van der Waals surface area contributed by atoms with Gasteiger partial charge in [0, 0.05) is 5.56 Å². The van der Waals surface area contributed by atoms with Crippen LogP contribution in [0.4, 0.5) is 4.39 Å². The Morgan fingerprint density at radius 3 is 2.80 bits per heavy atom. The monoisotopic (exact) mass is 269 g/mol. The summed E-state index contributed by atoms with van der Waals surface area (Å²) in [4.78, 5) is 16.7. The van der Waals surface area contributed by atoms with Crippen molar-refractivity contribution in [1.82, 2.24) is 0 Å². The quantitative estimate of drug-likeness (QED) is 0.619. The third-order valence-electron chi connectivity index (χ3n) is 3.26. The van der Waals surface area contributed by atoms with Crippen molar-refractivity contribution in [2.24, 2.45) is 5.16 Å². The molecule has 0 atom stereocenters. The van der Waals surface area contributed by atoms with Crippen LogP contribution in [0.1, 0.15) is 27.9 Å². The number of fused-ring (bicyclic) bond motifs is 1. The molecule has 0 amide bonds. The Morgan fingerprint density at radius 2 is 1.95 bits per heavy atom. The van der Waals surface area contributed by atoms with Gasteiger partial charge in [0.05, 0.1) is 11.3 Å². The summed E-state index contributed by atoms with van der Waals surface area (Å²) in [5.74, 6) is -1.13. The lowest BCUT2D eigenvalue weighted by atomic mass is 10.1. The van der Waals surface area contributed by atoms with Crippen molar-refractivity contribution < 1.29 is 14.0 Å². The highest BCUT2D eigenvalue weighted by Crippen LogP contribution is 2.22. The Bertz CT molecular complexity index is 694. The van der Waals surface area contributed by atoms with Crippen LogP contribution < -0.4 is 0 Å². The zero-order chi connectivity index (χ0) is 13.9. The van der Waals surface area contributed by atoms with Crippen LogP contribution in [-0.2, 0) is 11.3 Å². The van der Waals surface area contributed by atoms with Crippen LogP contribution in [0.5, 0.6) is 0 Å². The second-order valence-corrected chi connectivity index (χ2v) is 4.58. The summed E-state index contributed by atoms with van der Waals surface area (Å²) < 4.78 is 13.0. The van der Waals surface area contributed by atoms with E-state index in [1.165, 1.54) is 23.8 Å². The lowest BCUT2D eigenvalue weighted by Crippen LogP contribution is -2.04. The number of rotatable bonds is 2. The fraction of sp³-hybridized carbons (Fsp3) is 0.125. The average Bonchev–Trinajstić information content (AvgIpc) is 2.88. The molecule has 100 valence electrons. The molecule has 3 nitrogen and oxygen atoms in total. The molecular weight excluding hydrogens is 257 g/mol. The van der Waals surface area contributed by atoms with Crippen LogP contribution >= 0.6 is 0 Å². The number of hydrogen-bond acceptors (Lipinski definition) is 3. The highest BCUT2D eigenvalue weighted by molar-refractivity contribution is 6.04. The van der Waals surface area contributed by atoms with E-state index < -0.39 is 11.8 Å². The largest absolute Gasteiger partial charge is 0.365 e. The second kappa shape index (κ2) is 5.25. The number of benzene rings is 2. The molecular formula is C16H12FNO2. The molecule has 0 saturated carbocycles. The van der Waals surface area contributed by atoms with E-state index in [0.29, 0.717) is 0 Å². The van der Waals surface area contributed by atoms with Crippen LogP contribution in [0.25, 0.3) is 0 Å². The molecule has 0 fully saturated rings. The van der Waals surface area contributed by atoms with Gasteiger partial charge in [0.1, 0.15) is 5.82 Å². The fourth-order valence-corrected chi connectivity index (χ4v) is 2.27. The molecule has 0 spiro atoms. The minimum Gasteiger partial charge on any atom is -0.313 e. The van der Waals surface area contributed by atoms with Crippen molar-refractivity contribution in [3.8, 4) is 0 Å². The summed E-state index contributed by atoms with van der Waals surface area (Å²) in [6.45, 7) is 0. The lowest BCUT2D eigenvalue weighted by molar-refractivity contribution is 0.0515. The zero-order valence-corrected chi connectivity index (χ0v) is 10.7. The van der Waals surface area contributed by atoms with E-state index in [-0.39, 0.29) is 5.56 Å². The van der Waals surface area contributed by atoms with Crippen LogP contribution in [0.3, 0.4) is 0 Å². The first-order valence-electron chi connectivity index (χ1n) is 6.36. The van der Waals surface area contributed by atoms with E-state index in [2.05, 4.69) is 5.16 Å². The van der Waals surface area contributed by atoms with Crippen molar-refractivity contribution in [3.63, 3.8) is 0 Å². The van der Waals surface area contributed by atoms with E-state index in [1.807, 2.05) is 24.3 Å². The molecule has 3 rings (SSSR count). The smallest absolute Gasteiger partial charge is 0.313 e. The van der Waals surface area contributed by atoms with E-state index in [4.69, 9.17) is 4.84 Å². The molecule has 0 N–H and O–H groups in total. The van der Waals surface area contributed by atoms with Gasteiger partial charge in [-0.15, -0.1) is 0 Å². The van der Waals surface area contributed by atoms with Gasteiger partial charge in [-0.25, -0.2) is 9.18 Å². The predicted molar refractivity (Wildman–Crippen MR) is 73.1 cm³/mol. The molecule has 0 radical (unpaired) electrons. The predicted octanol–water partition coefficient (Wildman–Crippen LogP) is 3.33. The zero-order valence-electron chi connectivity index (χ0n) is 10.7. The molecule has 4 heteroatoms. The van der Waals surface area contributed by atoms with Crippen molar-refractivity contribution in [3.05, 3.63) is 71.0 Å². The summed E-state index contributed by atoms with van der Waals surface area (Å²) in [5.41, 5.74) is 3.12. The van der Waals surface area contributed by atoms with E-state index >= 15 is 0 Å². The van der Waals surface area contributed by atoms with E-state index in [0.717, 1.165) is 30.2 Å². The number of halogens is 1. The SMILES string of the molecule is O=C(O/N=C1/CCc2ccccc21)c1cccc(F)c1. The molecule has 0 saturated heterocycles. The molecule has 0 unspecified atom stereocenters. The average molecular weight is 269 g/mol. The lowest BCUT2D eigenvalue weighted by Gasteiger charge is -2.01. The minimum absolute atomic E-state index is 0.153. The Hall–Kier alpha value is -2.49. The molecule has 2 aromatic carbocycles. The summed E-state index contributed by atoms with van der Waals surface area (Å²) in [6.07, 6.45) is 1.64. The molecule has 0 aromatic heterocycles. The summed E-state index contributed by atoms with van der Waals surface area (Å²) in [5, 5.41) is 3.92. The van der Waals surface area contributed by atoms with Crippen molar-refractivity contribution >= 4 is 11.7 Å². The van der Waals surface area contributed by atoms with Crippen molar-refractivity contribution in [1.29, 1.82) is 0 Å². The number of carbonyl (C=O) groups excluding carboxylic acids is 1. The highest BCUT2D eigenvalue weighted by atomic mass is 19.1. The number of carbonyl (C=O) groups is 1. The van der Waals surface area contributed by atoms with Gasteiger partial charge in [-0.2, -0.15) is 0 Å². The van der Waals surface area contributed by atoms with Gasteiger partial charge in [-0.3, -0.25) is 0 Å². The molecule has 1 aliphatic rings. The Kier molecular flexibility index (Phi) is 3.29. The highest BCUT2D eigenvalue weighted by Gasteiger charge is 2.18. The van der Waals surface area contributed by atoms with Crippen LogP contribution in [0, 0.1) is 5.82 Å². The number of oxime groups is 1. The molecule has 0 heterocycles. The standard InChI is InChI=1S/C16H12FNO2/c17-13-6-3-5-12(10-13)16(19)20-18-15-9-8-11-4-1-2-7-14(11)15/h1-7,10H,8-9H2/b18-15-. The van der Waals surface area contributed by atoms with Crippen LogP contribution in [-0.4, -0.2) is 11.7 Å². The van der Waals surface area contributed by atoms with Crippen LogP contribution in [0.2, 0.25) is 0 Å². The van der Waals surface area contributed by atoms with Gasteiger partial charge in [0.2, 0.25) is 0 Å². The Labute approximate surface area is 115 Å². The maximum Gasteiger partial charge on any atom is 0.365 e. The summed E-state index contributed by atoms with van der Waals surface area (Å²) >= 11 is 0. The first-order chi connectivity index (χ1) is 9.74. The second-order valence-electron chi connectivity index (χ2n) is 4.58. The van der Waals surface area contributed by atoms with Gasteiger partial charge in [-0.1, -0.05) is 35.5 Å². The number of nitrogens with zero attached hydrogens (tertiary/aromatic N) is 1. The first kappa shape index (κ1) is 12.5. The summed E-state index contributed by atoms with van der Waals surface area (Å²) in [7, 11) is 0.